The minimum Gasteiger partial charge on any atom is -0.339 e. The van der Waals surface area contributed by atoms with Crippen LogP contribution in [0, 0.1) is 0 Å². The van der Waals surface area contributed by atoms with Gasteiger partial charge in [0.05, 0.1) is 5.69 Å². The summed E-state index contributed by atoms with van der Waals surface area (Å²) < 4.78 is 6.87. The first-order valence-corrected chi connectivity index (χ1v) is 6.16. The fraction of sp³-hybridized carbons (Fsp3) is 0.600. The molecule has 0 atom stereocenters. The van der Waals surface area contributed by atoms with Crippen LogP contribution in [0.25, 0.3) is 0 Å². The number of aromatic nitrogens is 5. The summed E-state index contributed by atoms with van der Waals surface area (Å²) >= 11 is 5.63. The van der Waals surface area contributed by atoms with E-state index in [1.54, 1.807) is 4.68 Å². The maximum absolute atomic E-state index is 5.63. The van der Waals surface area contributed by atoms with Crippen LogP contribution in [0.5, 0.6) is 0 Å². The Labute approximate surface area is 103 Å². The Bertz CT molecular complexity index is 504. The monoisotopic (exact) mass is 253 g/mol. The quantitative estimate of drug-likeness (QED) is 0.753. The van der Waals surface area contributed by atoms with E-state index in [1.165, 1.54) is 0 Å². The van der Waals surface area contributed by atoms with Crippen LogP contribution in [0.1, 0.15) is 36.2 Å². The molecule has 2 aromatic rings. The summed E-state index contributed by atoms with van der Waals surface area (Å²) in [6, 6.07) is 0. The Kier molecular flexibility index (Phi) is 2.80. The molecule has 0 spiro atoms. The third-order valence-electron chi connectivity index (χ3n) is 2.65. The Balaban J connectivity index is 1.67. The third kappa shape index (κ3) is 2.46. The van der Waals surface area contributed by atoms with Crippen LogP contribution in [0.4, 0.5) is 0 Å². The molecule has 90 valence electrons. The molecule has 0 radical (unpaired) electrons. The standard InChI is InChI=1S/C10H12ClN5O/c11-4-3-8-5-16(15-13-8)6-9-12-10(17-14-9)7-1-2-7/h5,7H,1-4,6H2. The van der Waals surface area contributed by atoms with Gasteiger partial charge in [0.25, 0.3) is 0 Å². The number of rotatable bonds is 5. The highest BCUT2D eigenvalue weighted by molar-refractivity contribution is 6.17. The van der Waals surface area contributed by atoms with E-state index in [4.69, 9.17) is 16.1 Å². The molecule has 0 amide bonds. The van der Waals surface area contributed by atoms with Crippen LogP contribution in [-0.2, 0) is 13.0 Å². The molecule has 0 aliphatic heterocycles. The van der Waals surface area contributed by atoms with Gasteiger partial charge in [-0.1, -0.05) is 10.4 Å². The average Bonchev–Trinajstić information content (AvgIpc) is 2.92. The second-order valence-electron chi connectivity index (χ2n) is 4.17. The smallest absolute Gasteiger partial charge is 0.229 e. The summed E-state index contributed by atoms with van der Waals surface area (Å²) in [7, 11) is 0. The number of hydrogen-bond donors (Lipinski definition) is 0. The molecule has 0 aromatic carbocycles. The maximum Gasteiger partial charge on any atom is 0.229 e. The van der Waals surface area contributed by atoms with E-state index in [0.29, 0.717) is 24.2 Å². The van der Waals surface area contributed by atoms with Crippen molar-refractivity contribution in [2.24, 2.45) is 0 Å². The van der Waals surface area contributed by atoms with Crippen molar-refractivity contribution in [3.63, 3.8) is 0 Å². The van der Waals surface area contributed by atoms with Gasteiger partial charge < -0.3 is 4.52 Å². The van der Waals surface area contributed by atoms with Gasteiger partial charge in [-0.2, -0.15) is 4.98 Å². The Morgan fingerprint density at radius 3 is 3.12 bits per heavy atom. The van der Waals surface area contributed by atoms with Crippen LogP contribution in [0.15, 0.2) is 10.7 Å². The average molecular weight is 254 g/mol. The molecule has 3 rings (SSSR count). The highest BCUT2D eigenvalue weighted by atomic mass is 35.5. The minimum atomic E-state index is 0.485. The largest absolute Gasteiger partial charge is 0.339 e. The number of aryl methyl sites for hydroxylation is 1. The molecule has 2 aromatic heterocycles. The molecule has 2 heterocycles. The Hall–Kier alpha value is -1.43. The van der Waals surface area contributed by atoms with Crippen LogP contribution < -0.4 is 0 Å². The molecule has 1 fully saturated rings. The van der Waals surface area contributed by atoms with E-state index in [-0.39, 0.29) is 0 Å². The second-order valence-corrected chi connectivity index (χ2v) is 4.55. The van der Waals surface area contributed by atoms with E-state index < -0.39 is 0 Å². The van der Waals surface area contributed by atoms with Crippen molar-refractivity contribution in [2.75, 3.05) is 5.88 Å². The van der Waals surface area contributed by atoms with Crippen LogP contribution in [0.3, 0.4) is 0 Å². The molecule has 6 nitrogen and oxygen atoms in total. The first-order chi connectivity index (χ1) is 8.35. The molecular formula is C10H12ClN5O. The number of alkyl halides is 1. The fourth-order valence-electron chi connectivity index (χ4n) is 1.60. The van der Waals surface area contributed by atoms with Crippen LogP contribution in [0.2, 0.25) is 0 Å². The molecule has 7 heteroatoms. The summed E-state index contributed by atoms with van der Waals surface area (Å²) in [5, 5.41) is 11.9. The first kappa shape index (κ1) is 10.7. The van der Waals surface area contributed by atoms with Crippen molar-refractivity contribution in [2.45, 2.75) is 31.7 Å². The summed E-state index contributed by atoms with van der Waals surface area (Å²) in [4.78, 5) is 4.33. The minimum absolute atomic E-state index is 0.485. The molecule has 17 heavy (non-hydrogen) atoms. The lowest BCUT2D eigenvalue weighted by Gasteiger charge is -1.92. The lowest BCUT2D eigenvalue weighted by molar-refractivity contribution is 0.372. The van der Waals surface area contributed by atoms with Gasteiger partial charge in [-0.05, 0) is 12.8 Å². The fourth-order valence-corrected chi connectivity index (χ4v) is 1.79. The molecular weight excluding hydrogens is 242 g/mol. The summed E-state index contributed by atoms with van der Waals surface area (Å²) in [6.07, 6.45) is 4.90. The SMILES string of the molecule is ClCCc1cn(Cc2noc(C3CC3)n2)nn1. The summed E-state index contributed by atoms with van der Waals surface area (Å²) in [6.45, 7) is 0.492. The van der Waals surface area contributed by atoms with E-state index in [2.05, 4.69) is 20.5 Å². The highest BCUT2D eigenvalue weighted by Gasteiger charge is 2.29. The van der Waals surface area contributed by atoms with Crippen molar-refractivity contribution >= 4 is 11.6 Å². The first-order valence-electron chi connectivity index (χ1n) is 5.62. The van der Waals surface area contributed by atoms with E-state index in [0.717, 1.165) is 30.8 Å². The van der Waals surface area contributed by atoms with Gasteiger partial charge >= 0.3 is 0 Å². The second kappa shape index (κ2) is 4.44. The van der Waals surface area contributed by atoms with Gasteiger partial charge in [0, 0.05) is 24.4 Å². The predicted molar refractivity (Wildman–Crippen MR) is 59.8 cm³/mol. The lowest BCUT2D eigenvalue weighted by atomic mass is 10.4. The van der Waals surface area contributed by atoms with Gasteiger partial charge in [0.1, 0.15) is 6.54 Å². The number of halogens is 1. The summed E-state index contributed by atoms with van der Waals surface area (Å²) in [5.41, 5.74) is 0.880. The van der Waals surface area contributed by atoms with Gasteiger partial charge in [-0.3, -0.25) is 0 Å². The Morgan fingerprint density at radius 1 is 1.47 bits per heavy atom. The third-order valence-corrected chi connectivity index (χ3v) is 2.84. The normalized spacial score (nSPS) is 15.4. The summed E-state index contributed by atoms with van der Waals surface area (Å²) in [5.74, 6) is 2.43. The Morgan fingerprint density at radius 2 is 2.35 bits per heavy atom. The van der Waals surface area contributed by atoms with E-state index in [9.17, 15) is 0 Å². The van der Waals surface area contributed by atoms with Crippen molar-refractivity contribution in [3.8, 4) is 0 Å². The molecule has 1 saturated carbocycles. The van der Waals surface area contributed by atoms with Gasteiger partial charge in [0.2, 0.25) is 5.89 Å². The topological polar surface area (TPSA) is 69.6 Å². The molecule has 1 aliphatic rings. The maximum atomic E-state index is 5.63. The predicted octanol–water partition coefficient (Wildman–Crippen LogP) is 1.37. The van der Waals surface area contributed by atoms with Crippen LogP contribution in [-0.4, -0.2) is 31.0 Å². The molecule has 0 bridgehead atoms. The van der Waals surface area contributed by atoms with Gasteiger partial charge in [-0.15, -0.1) is 16.7 Å². The number of nitrogens with zero attached hydrogens (tertiary/aromatic N) is 5. The van der Waals surface area contributed by atoms with Crippen LogP contribution >= 0.6 is 11.6 Å². The molecule has 0 N–H and O–H groups in total. The zero-order valence-electron chi connectivity index (χ0n) is 9.21. The van der Waals surface area contributed by atoms with Crippen molar-refractivity contribution in [1.82, 2.24) is 25.1 Å². The van der Waals surface area contributed by atoms with Gasteiger partial charge in [0.15, 0.2) is 5.82 Å². The van der Waals surface area contributed by atoms with Crippen molar-refractivity contribution in [3.05, 3.63) is 23.6 Å². The lowest BCUT2D eigenvalue weighted by Crippen LogP contribution is -2.02. The van der Waals surface area contributed by atoms with Crippen molar-refractivity contribution < 1.29 is 4.52 Å². The highest BCUT2D eigenvalue weighted by Crippen LogP contribution is 2.38. The van der Waals surface area contributed by atoms with Gasteiger partial charge in [-0.25, -0.2) is 4.68 Å². The zero-order chi connectivity index (χ0) is 11.7. The molecule has 1 aliphatic carbocycles. The van der Waals surface area contributed by atoms with E-state index in [1.807, 2.05) is 6.20 Å². The number of hydrogen-bond acceptors (Lipinski definition) is 5. The molecule has 0 unspecified atom stereocenters. The molecule has 0 saturated heterocycles. The van der Waals surface area contributed by atoms with E-state index >= 15 is 0 Å². The zero-order valence-corrected chi connectivity index (χ0v) is 9.97. The van der Waals surface area contributed by atoms with Crippen molar-refractivity contribution in [1.29, 1.82) is 0 Å².